The monoisotopic (exact) mass is 256 g/mol. The summed E-state index contributed by atoms with van der Waals surface area (Å²) in [7, 11) is 0. The fraction of sp³-hybridized carbons (Fsp3) is 0.692. The van der Waals surface area contributed by atoms with Gasteiger partial charge in [0.15, 0.2) is 0 Å². The molecule has 0 fully saturated rings. The molecule has 0 aromatic heterocycles. The molecule has 0 nitrogen and oxygen atoms in total. The Morgan fingerprint density at radius 1 is 1.36 bits per heavy atom. The van der Waals surface area contributed by atoms with Crippen molar-refractivity contribution in [1.82, 2.24) is 0 Å². The van der Waals surface area contributed by atoms with Crippen molar-refractivity contribution in [3.8, 4) is 0 Å². The van der Waals surface area contributed by atoms with Gasteiger partial charge < -0.3 is 0 Å². The first kappa shape index (κ1) is 12.0. The summed E-state index contributed by atoms with van der Waals surface area (Å²) in [6.45, 7) is 2.26. The molecule has 0 bridgehead atoms. The minimum Gasteiger partial charge on any atom is -0.0925 e. The lowest BCUT2D eigenvalue weighted by atomic mass is 9.95. The minimum absolute atomic E-state index is 1.08. The van der Waals surface area contributed by atoms with Crippen molar-refractivity contribution in [3.63, 3.8) is 0 Å². The molecule has 0 N–H and O–H groups in total. The van der Waals surface area contributed by atoms with Crippen molar-refractivity contribution in [2.24, 2.45) is 0 Å². The number of halogens is 1. The Morgan fingerprint density at radius 3 is 2.93 bits per heavy atom. The van der Waals surface area contributed by atoms with Gasteiger partial charge in [0, 0.05) is 5.33 Å². The minimum atomic E-state index is 1.08. The maximum absolute atomic E-state index is 3.47. The summed E-state index contributed by atoms with van der Waals surface area (Å²) < 4.78 is 0. The lowest BCUT2D eigenvalue weighted by Gasteiger charge is -2.11. The molecule has 1 aliphatic rings. The van der Waals surface area contributed by atoms with E-state index in [2.05, 4.69) is 35.0 Å². The molecule has 0 aliphatic heterocycles. The van der Waals surface area contributed by atoms with Crippen LogP contribution in [0.25, 0.3) is 0 Å². The van der Waals surface area contributed by atoms with Crippen LogP contribution in [0.3, 0.4) is 0 Å². The number of allylic oxidation sites excluding steroid dienone is 4. The van der Waals surface area contributed by atoms with Crippen molar-refractivity contribution in [2.45, 2.75) is 51.9 Å². The summed E-state index contributed by atoms with van der Waals surface area (Å²) in [5.74, 6) is 0. The average molecular weight is 257 g/mol. The van der Waals surface area contributed by atoms with Crippen LogP contribution in [0.1, 0.15) is 51.9 Å². The number of rotatable bonds is 3. The molecule has 0 aromatic carbocycles. The second-order valence-electron chi connectivity index (χ2n) is 4.05. The van der Waals surface area contributed by atoms with Crippen molar-refractivity contribution in [2.75, 3.05) is 5.33 Å². The summed E-state index contributed by atoms with van der Waals surface area (Å²) in [4.78, 5) is 0. The molecular weight excluding hydrogens is 236 g/mol. The predicted molar refractivity (Wildman–Crippen MR) is 68.0 cm³/mol. The van der Waals surface area contributed by atoms with Gasteiger partial charge >= 0.3 is 0 Å². The number of hydrogen-bond donors (Lipinski definition) is 0. The Morgan fingerprint density at radius 2 is 2.14 bits per heavy atom. The fourth-order valence-electron chi connectivity index (χ4n) is 1.95. The largest absolute Gasteiger partial charge is 0.0925 e. The van der Waals surface area contributed by atoms with E-state index < -0.39 is 0 Å². The van der Waals surface area contributed by atoms with E-state index in [1.165, 1.54) is 44.1 Å². The van der Waals surface area contributed by atoms with Crippen LogP contribution in [0.15, 0.2) is 23.3 Å². The van der Waals surface area contributed by atoms with Gasteiger partial charge in [0.1, 0.15) is 0 Å². The molecule has 0 saturated heterocycles. The van der Waals surface area contributed by atoms with Crippen molar-refractivity contribution < 1.29 is 0 Å². The van der Waals surface area contributed by atoms with Crippen LogP contribution in [0.4, 0.5) is 0 Å². The lowest BCUT2D eigenvalue weighted by Crippen LogP contribution is -1.92. The Bertz CT molecular complexity index is 213. The summed E-state index contributed by atoms with van der Waals surface area (Å²) in [5, 5.41) is 1.08. The van der Waals surface area contributed by atoms with Gasteiger partial charge in [-0.25, -0.2) is 0 Å². The molecule has 1 aliphatic carbocycles. The maximum atomic E-state index is 3.47. The first-order chi connectivity index (χ1) is 6.84. The van der Waals surface area contributed by atoms with Crippen LogP contribution in [0.2, 0.25) is 0 Å². The van der Waals surface area contributed by atoms with Crippen molar-refractivity contribution >= 4 is 15.9 Å². The standard InChI is InChI=1S/C13H21Br/c1-12(8-7-11-14)13-9-5-3-2-4-6-10-13/h8-9H,2-7,10-11H2,1H3. The van der Waals surface area contributed by atoms with Crippen LogP contribution in [0, 0.1) is 0 Å². The van der Waals surface area contributed by atoms with Crippen molar-refractivity contribution in [3.05, 3.63) is 23.3 Å². The third-order valence-electron chi connectivity index (χ3n) is 2.86. The molecule has 80 valence electrons. The zero-order valence-electron chi connectivity index (χ0n) is 9.19. The van der Waals surface area contributed by atoms with Crippen LogP contribution in [-0.4, -0.2) is 5.33 Å². The van der Waals surface area contributed by atoms with Crippen LogP contribution >= 0.6 is 15.9 Å². The molecule has 0 heterocycles. The zero-order chi connectivity index (χ0) is 10.2. The highest BCUT2D eigenvalue weighted by atomic mass is 79.9. The molecular formula is C13H21Br. The van der Waals surface area contributed by atoms with E-state index in [4.69, 9.17) is 0 Å². The topological polar surface area (TPSA) is 0 Å². The second-order valence-corrected chi connectivity index (χ2v) is 4.84. The van der Waals surface area contributed by atoms with Crippen LogP contribution in [0.5, 0.6) is 0 Å². The molecule has 0 spiro atoms. The molecule has 0 aromatic rings. The van der Waals surface area contributed by atoms with Gasteiger partial charge in [0.05, 0.1) is 0 Å². The van der Waals surface area contributed by atoms with E-state index in [9.17, 15) is 0 Å². The van der Waals surface area contributed by atoms with Crippen LogP contribution in [-0.2, 0) is 0 Å². The molecule has 1 heteroatoms. The van der Waals surface area contributed by atoms with E-state index in [0.717, 1.165) is 11.8 Å². The van der Waals surface area contributed by atoms with E-state index >= 15 is 0 Å². The Kier molecular flexibility index (Phi) is 6.25. The summed E-state index contributed by atoms with van der Waals surface area (Å²) in [5.41, 5.74) is 3.11. The molecule has 0 amide bonds. The molecule has 14 heavy (non-hydrogen) atoms. The second kappa shape index (κ2) is 7.28. The van der Waals surface area contributed by atoms with Gasteiger partial charge in [-0.05, 0) is 44.6 Å². The van der Waals surface area contributed by atoms with E-state index in [-0.39, 0.29) is 0 Å². The SMILES string of the molecule is CC(=CCCBr)C1=CCCCCCC1. The molecule has 0 saturated carbocycles. The molecule has 0 atom stereocenters. The van der Waals surface area contributed by atoms with Gasteiger partial charge in [-0.15, -0.1) is 0 Å². The molecule has 1 rings (SSSR count). The average Bonchev–Trinajstić information content (AvgIpc) is 2.13. The first-order valence-electron chi connectivity index (χ1n) is 5.76. The maximum Gasteiger partial charge on any atom is 0.00661 e. The van der Waals surface area contributed by atoms with Crippen molar-refractivity contribution in [1.29, 1.82) is 0 Å². The highest BCUT2D eigenvalue weighted by molar-refractivity contribution is 9.09. The summed E-state index contributed by atoms with van der Waals surface area (Å²) in [6, 6.07) is 0. The first-order valence-corrected chi connectivity index (χ1v) is 6.89. The summed E-state index contributed by atoms with van der Waals surface area (Å²) in [6.07, 6.45) is 14.2. The predicted octanol–water partition coefficient (Wildman–Crippen LogP) is 5.00. The fourth-order valence-corrected chi connectivity index (χ4v) is 2.18. The third-order valence-corrected chi connectivity index (χ3v) is 3.31. The number of hydrogen-bond acceptors (Lipinski definition) is 0. The third kappa shape index (κ3) is 4.45. The zero-order valence-corrected chi connectivity index (χ0v) is 10.8. The van der Waals surface area contributed by atoms with Crippen LogP contribution < -0.4 is 0 Å². The molecule has 0 radical (unpaired) electrons. The molecule has 0 unspecified atom stereocenters. The Labute approximate surface area is 96.6 Å². The van der Waals surface area contributed by atoms with E-state index in [1.54, 1.807) is 5.57 Å². The van der Waals surface area contributed by atoms with Gasteiger partial charge in [-0.1, -0.05) is 46.5 Å². The Balaban J connectivity index is 2.53. The smallest absolute Gasteiger partial charge is 0.00661 e. The number of alkyl halides is 1. The lowest BCUT2D eigenvalue weighted by molar-refractivity contribution is 0.627. The quantitative estimate of drug-likeness (QED) is 0.624. The Hall–Kier alpha value is -0.0400. The van der Waals surface area contributed by atoms with Gasteiger partial charge in [-0.2, -0.15) is 0 Å². The highest BCUT2D eigenvalue weighted by Gasteiger charge is 2.03. The van der Waals surface area contributed by atoms with Gasteiger partial charge in [-0.3, -0.25) is 0 Å². The van der Waals surface area contributed by atoms with Gasteiger partial charge in [0.2, 0.25) is 0 Å². The highest BCUT2D eigenvalue weighted by Crippen LogP contribution is 2.22. The van der Waals surface area contributed by atoms with E-state index in [1.807, 2.05) is 0 Å². The normalized spacial score (nSPS) is 19.9. The van der Waals surface area contributed by atoms with E-state index in [0.29, 0.717) is 0 Å². The van der Waals surface area contributed by atoms with Gasteiger partial charge in [0.25, 0.3) is 0 Å². The summed E-state index contributed by atoms with van der Waals surface area (Å²) >= 11 is 3.47.